The van der Waals surface area contributed by atoms with Gasteiger partial charge in [-0.15, -0.1) is 0 Å². The molecular formula is C115H196N2Ni. The van der Waals surface area contributed by atoms with Crippen LogP contribution in [0.3, 0.4) is 0 Å². The van der Waals surface area contributed by atoms with Crippen molar-refractivity contribution in [3.05, 3.63) is 99.3 Å². The van der Waals surface area contributed by atoms with Crippen LogP contribution in [0.2, 0.25) is 0 Å². The van der Waals surface area contributed by atoms with E-state index in [1.807, 2.05) is 0 Å². The number of rotatable bonds is 81. The normalized spacial score (nSPS) is 11.7. The number of hydrogen-bond acceptors (Lipinski definition) is 0. The largest absolute Gasteiger partial charge is 2.00 e. The molecule has 0 bridgehead atoms. The minimum Gasteiger partial charge on any atom is -0.694 e. The molecule has 0 radical (unpaired) electrons. The molecular weight excluding hydrogens is 1470 g/mol. The van der Waals surface area contributed by atoms with Crippen LogP contribution in [-0.4, -0.2) is 4.70 Å². The molecule has 0 unspecified atom stereocenters. The van der Waals surface area contributed by atoms with E-state index in [2.05, 4.69) is 127 Å². The van der Waals surface area contributed by atoms with Gasteiger partial charge in [-0.2, -0.15) is 0 Å². The van der Waals surface area contributed by atoms with Gasteiger partial charge in [0.15, 0.2) is 0 Å². The Morgan fingerprint density at radius 3 is 0.686 bits per heavy atom. The molecule has 0 saturated heterocycles. The summed E-state index contributed by atoms with van der Waals surface area (Å²) in [5, 5.41) is 0. The molecule has 1 heterocycles. The van der Waals surface area contributed by atoms with E-state index in [0.29, 0.717) is 0 Å². The Morgan fingerprint density at radius 2 is 0.449 bits per heavy atom. The molecule has 2 aromatic rings. The van der Waals surface area contributed by atoms with Gasteiger partial charge in [0.25, 0.3) is 0 Å². The maximum absolute atomic E-state index is 12.7. The molecule has 118 heavy (non-hydrogen) atoms. The number of nitrogens with zero attached hydrogens (tertiary/aromatic N) is 2. The van der Waals surface area contributed by atoms with Crippen molar-refractivity contribution in [1.29, 1.82) is 0 Å². The summed E-state index contributed by atoms with van der Waals surface area (Å²) in [7, 11) is 0. The first-order valence-corrected chi connectivity index (χ1v) is 52.8. The van der Waals surface area contributed by atoms with Gasteiger partial charge in [-0.25, -0.2) is 4.70 Å². The smallest absolute Gasteiger partial charge is 0.694 e. The van der Waals surface area contributed by atoms with Crippen LogP contribution in [0, 0.1) is 48.4 Å². The molecule has 1 aliphatic heterocycles. The Hall–Kier alpha value is -3.75. The first kappa shape index (κ1) is 114. The maximum atomic E-state index is 12.7. The summed E-state index contributed by atoms with van der Waals surface area (Å²) in [6, 6.07) is 14.0. The molecule has 3 rings (SSSR count). The van der Waals surface area contributed by atoms with Gasteiger partial charge < -0.3 is 30.2 Å². The molecule has 0 fully saturated rings. The minimum atomic E-state index is 0. The van der Waals surface area contributed by atoms with Crippen LogP contribution in [0.1, 0.15) is 609 Å². The molecule has 1 aliphatic rings. The van der Waals surface area contributed by atoms with Gasteiger partial charge in [-0.1, -0.05) is 521 Å². The van der Waals surface area contributed by atoms with E-state index in [1.54, 1.807) is 4.70 Å². The van der Waals surface area contributed by atoms with E-state index in [0.717, 1.165) is 105 Å². The standard InChI is InChI=1S/C91H154N2.2C12H21.Ni/c1-7-12-17-20-22-24-26-28-30-32-34-36-38-40-42-44-46-48-50-52-54-56-58-60-62-64-68-73-85-77-86(74-69-65-63-61-59-57-55-53-51-49-47-45-43-41-39-37-35-33-31-29-27-25-23-21-18-13-8-2)79-87(78-85)90-82(6)89(75-70-19-14-9-3)91(93(90)92)88-80-83(71-66-15-10-4)76-84(81-88)72-67-16-11-5;2*1-3-5-7-9-11-12-10-8-6-4-2;/h76-81H,7-65,68-70,73-75H2,1-6H3;2*3,5-12H2,1H3;/q;2*-1;+2. The van der Waals surface area contributed by atoms with Crippen LogP contribution >= 0.6 is 0 Å². The van der Waals surface area contributed by atoms with Crippen molar-refractivity contribution in [2.24, 2.45) is 0 Å². The summed E-state index contributed by atoms with van der Waals surface area (Å²) in [5.74, 6) is 18.6. The zero-order chi connectivity index (χ0) is 84.5. The third-order valence-electron chi connectivity index (χ3n) is 25.0. The fourth-order valence-corrected chi connectivity index (χ4v) is 17.4. The van der Waals surface area contributed by atoms with Gasteiger partial charge >= 0.3 is 16.5 Å². The van der Waals surface area contributed by atoms with Crippen LogP contribution in [0.15, 0.2) is 47.5 Å². The number of benzene rings is 2. The summed E-state index contributed by atoms with van der Waals surface area (Å²) < 4.78 is 1.58. The number of hydrogen-bond donors (Lipinski definition) is 0. The van der Waals surface area contributed by atoms with E-state index in [1.165, 1.54) is 484 Å². The van der Waals surface area contributed by atoms with Crippen molar-refractivity contribution in [3.63, 3.8) is 0 Å². The molecule has 0 aliphatic carbocycles. The van der Waals surface area contributed by atoms with E-state index >= 15 is 0 Å². The molecule has 3 heteroatoms. The molecule has 0 N–H and O–H groups in total. The maximum Gasteiger partial charge on any atom is 2.00 e. The van der Waals surface area contributed by atoms with Crippen molar-refractivity contribution < 1.29 is 21.2 Å². The van der Waals surface area contributed by atoms with Crippen LogP contribution in [0.5, 0.6) is 0 Å². The predicted octanol–water partition coefficient (Wildman–Crippen LogP) is 39.6. The van der Waals surface area contributed by atoms with Crippen LogP contribution in [0.25, 0.3) is 16.9 Å². The van der Waals surface area contributed by atoms with Gasteiger partial charge in [-0.3, -0.25) is 0 Å². The summed E-state index contributed by atoms with van der Waals surface area (Å²) in [4.78, 5) is 0. The fraction of sp³-hybridized carbons (Fsp3) is 0.791. The average Bonchev–Trinajstić information content (AvgIpc) is 1.61. The Morgan fingerprint density at radius 1 is 0.237 bits per heavy atom. The van der Waals surface area contributed by atoms with Crippen molar-refractivity contribution >= 4 is 11.4 Å². The number of aryl methyl sites for hydroxylation is 2. The average molecular weight is 1670 g/mol. The van der Waals surface area contributed by atoms with Crippen molar-refractivity contribution in [1.82, 2.24) is 0 Å². The first-order chi connectivity index (χ1) is 57.8. The topological polar surface area (TPSA) is 25.3 Å². The number of allylic oxidation sites excluding steroid dienone is 2. The summed E-state index contributed by atoms with van der Waals surface area (Å²) in [6.45, 7) is 18.1. The molecule has 0 amide bonds. The Bertz CT molecular complexity index is 2660. The zero-order valence-electron chi connectivity index (χ0n) is 80.4. The predicted molar refractivity (Wildman–Crippen MR) is 525 cm³/mol. The van der Waals surface area contributed by atoms with Crippen molar-refractivity contribution in [3.8, 4) is 35.5 Å². The second-order valence-electron chi connectivity index (χ2n) is 36.6. The summed E-state index contributed by atoms with van der Waals surface area (Å²) in [5.41, 5.74) is 24.2. The SMILES string of the molecule is CCCC#Cc1cc(C#CCCC)cc(C2=C(CCCCCC)C(C)=C(c3cc(CCCCCCCCCCCCCCCCCCCCCCCCCCCCC)cc(CCCCCCCCCCCCCCCCCCCCCCCCCCCCC)c3)[N+]2=[N-])c1.[C-]#CCCCCCCCCCC.[C-]#CCCCCCCCCCC.[Ni+2]. The summed E-state index contributed by atoms with van der Waals surface area (Å²) in [6.07, 6.45) is 126. The zero-order valence-corrected chi connectivity index (χ0v) is 81.4. The Balaban J connectivity index is 0.00000469. The van der Waals surface area contributed by atoms with Gasteiger partial charge in [0.05, 0.1) is 0 Å². The van der Waals surface area contributed by atoms with E-state index in [9.17, 15) is 5.53 Å². The minimum absolute atomic E-state index is 0. The molecule has 0 atom stereocenters. The van der Waals surface area contributed by atoms with Gasteiger partial charge in [-0.05, 0) is 125 Å². The Kier molecular flexibility index (Phi) is 89.5. The third kappa shape index (κ3) is 70.6. The third-order valence-corrected chi connectivity index (χ3v) is 25.0. The monoisotopic (exact) mass is 1660 g/mol. The van der Waals surface area contributed by atoms with Gasteiger partial charge in [0.2, 0.25) is 11.4 Å². The molecule has 2 aromatic carbocycles. The Labute approximate surface area is 750 Å². The first-order valence-electron chi connectivity index (χ1n) is 52.8. The molecule has 2 nitrogen and oxygen atoms in total. The van der Waals surface area contributed by atoms with E-state index in [4.69, 9.17) is 12.8 Å². The second-order valence-corrected chi connectivity index (χ2v) is 36.6. The summed E-state index contributed by atoms with van der Waals surface area (Å²) >= 11 is 0. The molecule has 0 saturated carbocycles. The van der Waals surface area contributed by atoms with Crippen LogP contribution < -0.4 is 0 Å². The quantitative estimate of drug-likeness (QED) is 0.0207. The fourth-order valence-electron chi connectivity index (χ4n) is 17.4. The van der Waals surface area contributed by atoms with E-state index < -0.39 is 0 Å². The second kappa shape index (κ2) is 92.4. The van der Waals surface area contributed by atoms with E-state index in [-0.39, 0.29) is 16.5 Å². The van der Waals surface area contributed by atoms with Gasteiger partial charge in [0.1, 0.15) is 0 Å². The van der Waals surface area contributed by atoms with Crippen LogP contribution in [0.4, 0.5) is 0 Å². The molecule has 0 spiro atoms. The van der Waals surface area contributed by atoms with Gasteiger partial charge in [0, 0.05) is 46.2 Å². The molecule has 676 valence electrons. The van der Waals surface area contributed by atoms with Crippen molar-refractivity contribution in [2.75, 3.05) is 0 Å². The molecule has 0 aromatic heterocycles. The van der Waals surface area contributed by atoms with Crippen LogP contribution in [-0.2, 0) is 29.3 Å². The number of unbranched alkanes of at least 4 members (excludes halogenated alkanes) is 73. The van der Waals surface area contributed by atoms with Crippen molar-refractivity contribution in [2.45, 2.75) is 588 Å².